The van der Waals surface area contributed by atoms with Gasteiger partial charge in [0.1, 0.15) is 0 Å². The number of benzene rings is 2. The molecular formula is C18H13ClF3N3O. The van der Waals surface area contributed by atoms with Crippen molar-refractivity contribution in [3.05, 3.63) is 70.9 Å². The Hall–Kier alpha value is -2.80. The highest BCUT2D eigenvalue weighted by Crippen LogP contribution is 2.34. The fraction of sp³-hybridized carbons (Fsp3) is 0.111. The molecule has 0 aliphatic heterocycles. The van der Waals surface area contributed by atoms with Crippen LogP contribution < -0.4 is 5.32 Å². The summed E-state index contributed by atoms with van der Waals surface area (Å²) in [5, 5.41) is 6.45. The van der Waals surface area contributed by atoms with Crippen molar-refractivity contribution in [3.63, 3.8) is 0 Å². The van der Waals surface area contributed by atoms with Crippen molar-refractivity contribution in [2.24, 2.45) is 0 Å². The lowest BCUT2D eigenvalue weighted by atomic mass is 10.1. The Morgan fingerprint density at radius 2 is 1.77 bits per heavy atom. The molecule has 0 spiro atoms. The third kappa shape index (κ3) is 3.43. The van der Waals surface area contributed by atoms with Gasteiger partial charge in [-0.15, -0.1) is 0 Å². The van der Waals surface area contributed by atoms with Gasteiger partial charge in [0.15, 0.2) is 5.69 Å². The Morgan fingerprint density at radius 3 is 2.35 bits per heavy atom. The van der Waals surface area contributed by atoms with E-state index in [1.807, 2.05) is 0 Å². The van der Waals surface area contributed by atoms with Gasteiger partial charge in [-0.2, -0.15) is 18.3 Å². The number of aromatic nitrogens is 2. The molecule has 2 aromatic carbocycles. The van der Waals surface area contributed by atoms with E-state index in [0.29, 0.717) is 16.8 Å². The van der Waals surface area contributed by atoms with E-state index < -0.39 is 11.9 Å². The Kier molecular flexibility index (Phi) is 4.73. The van der Waals surface area contributed by atoms with E-state index in [0.717, 1.165) is 10.7 Å². The zero-order valence-corrected chi connectivity index (χ0v) is 14.3. The summed E-state index contributed by atoms with van der Waals surface area (Å²) in [5.41, 5.74) is 0.392. The molecule has 4 nitrogen and oxygen atoms in total. The van der Waals surface area contributed by atoms with Crippen molar-refractivity contribution in [1.29, 1.82) is 0 Å². The lowest BCUT2D eigenvalue weighted by molar-refractivity contribution is -0.141. The molecule has 0 bridgehead atoms. The summed E-state index contributed by atoms with van der Waals surface area (Å²) in [7, 11) is 1.50. The fourth-order valence-electron chi connectivity index (χ4n) is 2.47. The number of halogens is 4. The van der Waals surface area contributed by atoms with Crippen LogP contribution in [0.3, 0.4) is 0 Å². The monoisotopic (exact) mass is 379 g/mol. The van der Waals surface area contributed by atoms with E-state index in [1.165, 1.54) is 19.2 Å². The number of hydrogen-bond donors (Lipinski definition) is 1. The maximum Gasteiger partial charge on any atom is 0.435 e. The molecule has 0 aliphatic carbocycles. The van der Waals surface area contributed by atoms with Crippen LogP contribution in [0.1, 0.15) is 16.1 Å². The lowest BCUT2D eigenvalue weighted by Crippen LogP contribution is -2.17. The zero-order valence-electron chi connectivity index (χ0n) is 13.5. The number of para-hydroxylation sites is 1. The van der Waals surface area contributed by atoms with Gasteiger partial charge in [0.25, 0.3) is 5.91 Å². The van der Waals surface area contributed by atoms with Gasteiger partial charge in [0.05, 0.1) is 16.4 Å². The normalized spacial score (nSPS) is 11.4. The second kappa shape index (κ2) is 6.84. The summed E-state index contributed by atoms with van der Waals surface area (Å²) in [4.78, 5) is 11.6. The number of alkyl halides is 3. The maximum atomic E-state index is 13.2. The highest BCUT2D eigenvalue weighted by Gasteiger charge is 2.35. The van der Waals surface area contributed by atoms with Gasteiger partial charge in [-0.3, -0.25) is 4.79 Å². The van der Waals surface area contributed by atoms with Crippen LogP contribution in [0, 0.1) is 0 Å². The first kappa shape index (κ1) is 18.0. The van der Waals surface area contributed by atoms with E-state index in [-0.39, 0.29) is 16.6 Å². The van der Waals surface area contributed by atoms with Crippen LogP contribution >= 0.6 is 11.6 Å². The van der Waals surface area contributed by atoms with Crippen molar-refractivity contribution < 1.29 is 18.0 Å². The zero-order chi connectivity index (χ0) is 18.9. The van der Waals surface area contributed by atoms with E-state index in [1.54, 1.807) is 36.4 Å². The summed E-state index contributed by atoms with van der Waals surface area (Å²) in [6, 6.07) is 13.6. The molecule has 0 aliphatic rings. The molecule has 8 heteroatoms. The molecule has 3 aromatic rings. The molecule has 3 rings (SSSR count). The molecule has 134 valence electrons. The van der Waals surface area contributed by atoms with E-state index in [9.17, 15) is 18.0 Å². The maximum absolute atomic E-state index is 13.2. The minimum absolute atomic E-state index is 0.217. The SMILES string of the molecule is CNC(=O)c1ccc(-c2cc(C(F)(F)F)nn2-c2ccccc2Cl)cc1. The highest BCUT2D eigenvalue weighted by molar-refractivity contribution is 6.32. The molecule has 1 N–H and O–H groups in total. The van der Waals surface area contributed by atoms with Gasteiger partial charge in [0, 0.05) is 18.2 Å². The van der Waals surface area contributed by atoms with Gasteiger partial charge < -0.3 is 5.32 Å². The minimum Gasteiger partial charge on any atom is -0.355 e. The number of nitrogens with zero attached hydrogens (tertiary/aromatic N) is 2. The standard InChI is InChI=1S/C18H13ClF3N3O/c1-23-17(26)12-8-6-11(7-9-12)15-10-16(18(20,21)22)24-25(15)14-5-3-2-4-13(14)19/h2-10H,1H3,(H,23,26). The smallest absolute Gasteiger partial charge is 0.355 e. The average Bonchev–Trinajstić information content (AvgIpc) is 3.07. The van der Waals surface area contributed by atoms with Crippen molar-refractivity contribution in [3.8, 4) is 16.9 Å². The molecule has 0 radical (unpaired) electrons. The summed E-state index contributed by atoms with van der Waals surface area (Å²) in [6.07, 6.45) is -4.59. The minimum atomic E-state index is -4.59. The molecule has 1 aromatic heterocycles. The molecule has 26 heavy (non-hydrogen) atoms. The van der Waals surface area contributed by atoms with E-state index >= 15 is 0 Å². The molecule has 1 heterocycles. The van der Waals surface area contributed by atoms with Crippen LogP contribution in [0.5, 0.6) is 0 Å². The number of amides is 1. The third-order valence-electron chi connectivity index (χ3n) is 3.75. The third-order valence-corrected chi connectivity index (χ3v) is 4.07. The van der Waals surface area contributed by atoms with Gasteiger partial charge in [-0.25, -0.2) is 4.68 Å². The van der Waals surface area contributed by atoms with Crippen LogP contribution in [-0.2, 0) is 6.18 Å². The van der Waals surface area contributed by atoms with Crippen molar-refractivity contribution in [2.75, 3.05) is 7.05 Å². The summed E-state index contributed by atoms with van der Waals surface area (Å²) in [6.45, 7) is 0. The quantitative estimate of drug-likeness (QED) is 0.724. The first-order valence-electron chi connectivity index (χ1n) is 7.56. The molecule has 1 amide bonds. The Bertz CT molecular complexity index is 949. The first-order chi connectivity index (χ1) is 12.3. The predicted molar refractivity (Wildman–Crippen MR) is 92.4 cm³/mol. The van der Waals surface area contributed by atoms with E-state index in [2.05, 4.69) is 10.4 Å². The first-order valence-corrected chi connectivity index (χ1v) is 7.93. The number of rotatable bonds is 3. The van der Waals surface area contributed by atoms with Crippen molar-refractivity contribution in [2.45, 2.75) is 6.18 Å². The Morgan fingerprint density at radius 1 is 1.12 bits per heavy atom. The number of nitrogens with one attached hydrogen (secondary N) is 1. The highest BCUT2D eigenvalue weighted by atomic mass is 35.5. The van der Waals surface area contributed by atoms with Gasteiger partial charge >= 0.3 is 6.18 Å². The molecule has 0 saturated carbocycles. The van der Waals surface area contributed by atoms with Crippen LogP contribution in [-0.4, -0.2) is 22.7 Å². The molecular weight excluding hydrogens is 367 g/mol. The fourth-order valence-corrected chi connectivity index (χ4v) is 2.68. The van der Waals surface area contributed by atoms with Crippen LogP contribution in [0.25, 0.3) is 16.9 Å². The molecule has 0 fully saturated rings. The van der Waals surface area contributed by atoms with Crippen molar-refractivity contribution in [1.82, 2.24) is 15.1 Å². The second-order valence-electron chi connectivity index (χ2n) is 5.43. The van der Waals surface area contributed by atoms with Crippen LogP contribution in [0.4, 0.5) is 13.2 Å². The Balaban J connectivity index is 2.15. The predicted octanol–water partition coefficient (Wildman–Crippen LogP) is 4.57. The van der Waals surface area contributed by atoms with Crippen LogP contribution in [0.2, 0.25) is 5.02 Å². The van der Waals surface area contributed by atoms with Crippen molar-refractivity contribution >= 4 is 17.5 Å². The number of hydrogen-bond acceptors (Lipinski definition) is 2. The molecule has 0 atom stereocenters. The van der Waals surface area contributed by atoms with Crippen LogP contribution in [0.15, 0.2) is 54.6 Å². The van der Waals surface area contributed by atoms with E-state index in [4.69, 9.17) is 11.6 Å². The summed E-state index contributed by atoms with van der Waals surface area (Å²) < 4.78 is 40.7. The van der Waals surface area contributed by atoms with Gasteiger partial charge in [-0.05, 0) is 30.3 Å². The topological polar surface area (TPSA) is 46.9 Å². The summed E-state index contributed by atoms with van der Waals surface area (Å²) >= 11 is 6.13. The molecule has 0 saturated heterocycles. The molecule has 0 unspecified atom stereocenters. The largest absolute Gasteiger partial charge is 0.435 e. The number of carbonyl (C=O) groups excluding carboxylic acids is 1. The Labute approximate surface area is 152 Å². The summed E-state index contributed by atoms with van der Waals surface area (Å²) in [5.74, 6) is -0.285. The second-order valence-corrected chi connectivity index (χ2v) is 5.84. The lowest BCUT2D eigenvalue weighted by Gasteiger charge is -2.10. The van der Waals surface area contributed by atoms with Gasteiger partial charge in [0.2, 0.25) is 0 Å². The average molecular weight is 380 g/mol. The van der Waals surface area contributed by atoms with Gasteiger partial charge in [-0.1, -0.05) is 35.9 Å². The number of carbonyl (C=O) groups is 1.